The fourth-order valence-corrected chi connectivity index (χ4v) is 2.69. The maximum atomic E-state index is 12.7. The molecule has 0 aliphatic carbocycles. The molecule has 0 amide bonds. The second-order valence-electron chi connectivity index (χ2n) is 5.22. The number of methoxy groups -OCH3 is 1. The third-order valence-electron chi connectivity index (χ3n) is 3.82. The van der Waals surface area contributed by atoms with Gasteiger partial charge in [0, 0.05) is 0 Å². The van der Waals surface area contributed by atoms with Gasteiger partial charge in [0.2, 0.25) is 6.79 Å². The van der Waals surface area contributed by atoms with Gasteiger partial charge in [-0.15, -0.1) is 0 Å². The first-order valence-corrected chi connectivity index (χ1v) is 7.17. The van der Waals surface area contributed by atoms with Gasteiger partial charge >= 0.3 is 0 Å². The highest BCUT2D eigenvalue weighted by molar-refractivity contribution is 5.83. The topological polar surface area (TPSA) is 62.6 Å². The van der Waals surface area contributed by atoms with Crippen molar-refractivity contribution >= 4 is 10.9 Å². The molecule has 0 bridgehead atoms. The molecule has 1 aromatic heterocycles. The molecule has 0 spiro atoms. The molecular weight excluding hydrogens is 296 g/mol. The Bertz CT molecular complexity index is 949. The third kappa shape index (κ3) is 2.28. The van der Waals surface area contributed by atoms with E-state index in [-0.39, 0.29) is 12.4 Å². The lowest BCUT2D eigenvalue weighted by Crippen LogP contribution is -2.21. The van der Waals surface area contributed by atoms with Crippen molar-refractivity contribution in [1.82, 2.24) is 9.55 Å². The fraction of sp³-hybridized carbons (Fsp3) is 0.176. The van der Waals surface area contributed by atoms with Crippen LogP contribution < -0.4 is 19.8 Å². The average Bonchev–Trinajstić information content (AvgIpc) is 3.04. The van der Waals surface area contributed by atoms with Crippen LogP contribution in [0.4, 0.5) is 0 Å². The summed E-state index contributed by atoms with van der Waals surface area (Å²) in [6, 6.07) is 11.0. The van der Waals surface area contributed by atoms with Crippen molar-refractivity contribution < 1.29 is 14.2 Å². The number of hydrogen-bond acceptors (Lipinski definition) is 5. The molecule has 2 aromatic carbocycles. The van der Waals surface area contributed by atoms with Crippen LogP contribution in [0.1, 0.15) is 5.56 Å². The average molecular weight is 310 g/mol. The van der Waals surface area contributed by atoms with Crippen molar-refractivity contribution in [2.75, 3.05) is 13.9 Å². The second-order valence-corrected chi connectivity index (χ2v) is 5.22. The van der Waals surface area contributed by atoms with Crippen LogP contribution in [-0.2, 0) is 6.54 Å². The van der Waals surface area contributed by atoms with Crippen molar-refractivity contribution in [3.63, 3.8) is 0 Å². The molecule has 2 heterocycles. The smallest absolute Gasteiger partial charge is 0.265 e. The third-order valence-corrected chi connectivity index (χ3v) is 3.82. The summed E-state index contributed by atoms with van der Waals surface area (Å²) < 4.78 is 17.5. The zero-order valence-corrected chi connectivity index (χ0v) is 12.5. The van der Waals surface area contributed by atoms with Gasteiger partial charge in [0.1, 0.15) is 11.1 Å². The van der Waals surface area contributed by atoms with E-state index in [1.165, 1.54) is 0 Å². The van der Waals surface area contributed by atoms with Crippen LogP contribution in [0.5, 0.6) is 17.2 Å². The lowest BCUT2D eigenvalue weighted by molar-refractivity contribution is 0.174. The molecule has 0 saturated carbocycles. The zero-order chi connectivity index (χ0) is 15.8. The van der Waals surface area contributed by atoms with Gasteiger partial charge in [-0.1, -0.05) is 12.1 Å². The van der Waals surface area contributed by atoms with E-state index in [1.807, 2.05) is 24.3 Å². The molecule has 0 radical (unpaired) electrons. The highest BCUT2D eigenvalue weighted by atomic mass is 16.7. The lowest BCUT2D eigenvalue weighted by Gasteiger charge is -2.09. The summed E-state index contributed by atoms with van der Waals surface area (Å²) >= 11 is 0. The van der Waals surface area contributed by atoms with E-state index in [2.05, 4.69) is 4.98 Å². The van der Waals surface area contributed by atoms with Crippen molar-refractivity contribution in [2.45, 2.75) is 6.54 Å². The Morgan fingerprint density at radius 3 is 2.96 bits per heavy atom. The molecule has 0 unspecified atom stereocenters. The maximum absolute atomic E-state index is 12.7. The molecule has 0 N–H and O–H groups in total. The highest BCUT2D eigenvalue weighted by Crippen LogP contribution is 2.32. The molecule has 3 aromatic rings. The Hall–Kier alpha value is -3.02. The van der Waals surface area contributed by atoms with Gasteiger partial charge in [-0.2, -0.15) is 0 Å². The van der Waals surface area contributed by atoms with Crippen LogP contribution in [-0.4, -0.2) is 23.5 Å². The summed E-state index contributed by atoms with van der Waals surface area (Å²) in [5.74, 6) is 1.95. The summed E-state index contributed by atoms with van der Waals surface area (Å²) in [5, 5.41) is 0.484. The maximum Gasteiger partial charge on any atom is 0.265 e. The molecule has 4 rings (SSSR count). The van der Waals surface area contributed by atoms with Crippen molar-refractivity contribution in [2.24, 2.45) is 0 Å². The van der Waals surface area contributed by atoms with E-state index in [0.717, 1.165) is 11.3 Å². The molecule has 116 valence electrons. The predicted molar refractivity (Wildman–Crippen MR) is 84.2 cm³/mol. The summed E-state index contributed by atoms with van der Waals surface area (Å²) in [6.07, 6.45) is 1.55. The van der Waals surface area contributed by atoms with E-state index >= 15 is 0 Å². The minimum Gasteiger partial charge on any atom is -0.496 e. The summed E-state index contributed by atoms with van der Waals surface area (Å²) in [6.45, 7) is 0.629. The zero-order valence-electron chi connectivity index (χ0n) is 12.5. The van der Waals surface area contributed by atoms with E-state index in [9.17, 15) is 4.79 Å². The second kappa shape index (κ2) is 5.31. The van der Waals surface area contributed by atoms with Crippen LogP contribution in [0.25, 0.3) is 10.9 Å². The van der Waals surface area contributed by atoms with Crippen molar-refractivity contribution in [3.8, 4) is 17.2 Å². The summed E-state index contributed by atoms with van der Waals surface area (Å²) in [4.78, 5) is 17.1. The molecule has 0 fully saturated rings. The number of rotatable bonds is 3. The predicted octanol–water partition coefficient (Wildman–Crippen LogP) is 2.18. The van der Waals surface area contributed by atoms with Crippen LogP contribution in [0, 0.1) is 0 Å². The largest absolute Gasteiger partial charge is 0.496 e. The first-order chi connectivity index (χ1) is 11.3. The number of nitrogens with zero attached hydrogens (tertiary/aromatic N) is 2. The van der Waals surface area contributed by atoms with Gasteiger partial charge in [0.05, 0.1) is 25.5 Å². The molecular formula is C17H14N2O4. The Morgan fingerprint density at radius 2 is 2.09 bits per heavy atom. The minimum atomic E-state index is -0.134. The van der Waals surface area contributed by atoms with Gasteiger partial charge in [-0.25, -0.2) is 4.98 Å². The molecule has 0 atom stereocenters. The number of fused-ring (bicyclic) bond motifs is 2. The van der Waals surface area contributed by atoms with Crippen molar-refractivity contribution in [1.29, 1.82) is 0 Å². The number of hydrogen-bond donors (Lipinski definition) is 0. The molecule has 0 saturated heterocycles. The Labute approximate surface area is 131 Å². The normalized spacial score (nSPS) is 12.6. The highest BCUT2D eigenvalue weighted by Gasteiger charge is 2.14. The summed E-state index contributed by atoms with van der Waals surface area (Å²) in [7, 11) is 1.55. The number of ether oxygens (including phenoxy) is 3. The Morgan fingerprint density at radius 1 is 1.22 bits per heavy atom. The van der Waals surface area contributed by atoms with E-state index in [0.29, 0.717) is 28.9 Å². The Balaban J connectivity index is 1.77. The van der Waals surface area contributed by atoms with E-state index in [1.54, 1.807) is 30.1 Å². The summed E-state index contributed by atoms with van der Waals surface area (Å²) in [5.41, 5.74) is 1.42. The minimum absolute atomic E-state index is 0.134. The quantitative estimate of drug-likeness (QED) is 0.742. The van der Waals surface area contributed by atoms with Gasteiger partial charge in [-0.3, -0.25) is 9.36 Å². The standard InChI is InChI=1S/C17H14N2O4/c1-21-14-4-2-3-12-16(14)17(20)19(9-18-12)8-11-5-6-13-15(7-11)23-10-22-13/h2-7,9H,8,10H2,1H3. The Kier molecular flexibility index (Phi) is 3.15. The van der Waals surface area contributed by atoms with E-state index in [4.69, 9.17) is 14.2 Å². The van der Waals surface area contributed by atoms with Gasteiger partial charge in [0.25, 0.3) is 5.56 Å². The lowest BCUT2D eigenvalue weighted by atomic mass is 10.2. The van der Waals surface area contributed by atoms with Crippen LogP contribution >= 0.6 is 0 Å². The fourth-order valence-electron chi connectivity index (χ4n) is 2.69. The SMILES string of the molecule is COc1cccc2ncn(Cc3ccc4c(c3)OCO4)c(=O)c12. The van der Waals surface area contributed by atoms with Crippen molar-refractivity contribution in [3.05, 3.63) is 58.6 Å². The van der Waals surface area contributed by atoms with Gasteiger partial charge < -0.3 is 14.2 Å². The first-order valence-electron chi connectivity index (χ1n) is 7.17. The monoisotopic (exact) mass is 310 g/mol. The first kappa shape index (κ1) is 13.6. The van der Waals surface area contributed by atoms with Crippen LogP contribution in [0.2, 0.25) is 0 Å². The molecule has 1 aliphatic heterocycles. The van der Waals surface area contributed by atoms with E-state index < -0.39 is 0 Å². The molecule has 1 aliphatic rings. The van der Waals surface area contributed by atoms with Gasteiger partial charge in [0.15, 0.2) is 11.5 Å². The van der Waals surface area contributed by atoms with Gasteiger partial charge in [-0.05, 0) is 29.8 Å². The van der Waals surface area contributed by atoms with Crippen LogP contribution in [0.15, 0.2) is 47.5 Å². The molecule has 6 nitrogen and oxygen atoms in total. The molecule has 6 heteroatoms. The number of benzene rings is 2. The van der Waals surface area contributed by atoms with Crippen LogP contribution in [0.3, 0.4) is 0 Å². The number of aromatic nitrogens is 2. The molecule has 23 heavy (non-hydrogen) atoms.